The molecule has 0 radical (unpaired) electrons. The Morgan fingerprint density at radius 1 is 0.862 bits per heavy atom. The average molecular weight is 378 g/mol. The van der Waals surface area contributed by atoms with Gasteiger partial charge in [-0.2, -0.15) is 0 Å². The quantitative estimate of drug-likeness (QED) is 0.406. The molecule has 29 heavy (non-hydrogen) atoms. The van der Waals surface area contributed by atoms with Crippen LogP contribution in [0.3, 0.4) is 0 Å². The van der Waals surface area contributed by atoms with Crippen LogP contribution in [-0.2, 0) is 0 Å². The number of aromatic nitrogens is 1. The first-order chi connectivity index (χ1) is 14.2. The smallest absolute Gasteiger partial charge is 0.255 e. The fraction of sp³-hybridized carbons (Fsp3) is 0.0400. The summed E-state index contributed by atoms with van der Waals surface area (Å²) in [6, 6.07) is 27.3. The van der Waals surface area contributed by atoms with Crippen molar-refractivity contribution in [2.45, 2.75) is 6.92 Å². The lowest BCUT2D eigenvalue weighted by molar-refractivity contribution is 0.102. The first kappa shape index (κ1) is 17.2. The number of nitrogens with zero attached hydrogens (tertiary/aromatic N) is 1. The zero-order valence-corrected chi connectivity index (χ0v) is 15.8. The van der Waals surface area contributed by atoms with Crippen LogP contribution in [0, 0.1) is 6.92 Å². The maximum absolute atomic E-state index is 12.5. The van der Waals surface area contributed by atoms with Crippen molar-refractivity contribution in [3.05, 3.63) is 96.1 Å². The maximum atomic E-state index is 12.5. The summed E-state index contributed by atoms with van der Waals surface area (Å²) in [5.74, 6) is 0.416. The molecule has 4 heteroatoms. The average Bonchev–Trinajstić information content (AvgIpc) is 3.17. The van der Waals surface area contributed by atoms with E-state index in [1.54, 1.807) is 6.07 Å². The molecule has 0 aliphatic rings. The Kier molecular flexibility index (Phi) is 4.10. The van der Waals surface area contributed by atoms with Crippen LogP contribution < -0.4 is 5.32 Å². The van der Waals surface area contributed by atoms with Gasteiger partial charge in [-0.25, -0.2) is 4.98 Å². The van der Waals surface area contributed by atoms with Gasteiger partial charge >= 0.3 is 0 Å². The van der Waals surface area contributed by atoms with E-state index in [0.717, 1.165) is 16.5 Å². The van der Waals surface area contributed by atoms with Crippen LogP contribution in [-0.4, -0.2) is 10.9 Å². The molecular weight excluding hydrogens is 360 g/mol. The molecule has 0 fully saturated rings. The van der Waals surface area contributed by atoms with Crippen LogP contribution >= 0.6 is 0 Å². The van der Waals surface area contributed by atoms with Gasteiger partial charge in [0.2, 0.25) is 5.89 Å². The minimum atomic E-state index is -0.147. The van der Waals surface area contributed by atoms with Gasteiger partial charge in [0.05, 0.1) is 0 Å². The monoisotopic (exact) mass is 378 g/mol. The molecule has 4 aromatic carbocycles. The number of fused-ring (bicyclic) bond motifs is 2. The highest BCUT2D eigenvalue weighted by Gasteiger charge is 2.11. The Hall–Kier alpha value is -3.92. The summed E-state index contributed by atoms with van der Waals surface area (Å²) in [4.78, 5) is 17.1. The number of carbonyl (C=O) groups excluding carboxylic acids is 1. The highest BCUT2D eigenvalue weighted by molar-refractivity contribution is 6.05. The van der Waals surface area contributed by atoms with Crippen molar-refractivity contribution in [2.75, 3.05) is 5.32 Å². The van der Waals surface area contributed by atoms with Crippen molar-refractivity contribution in [1.29, 1.82) is 0 Å². The molecule has 1 amide bonds. The second-order valence-corrected chi connectivity index (χ2v) is 7.09. The fourth-order valence-electron chi connectivity index (χ4n) is 3.44. The molecule has 0 atom stereocenters. The Morgan fingerprint density at radius 2 is 1.72 bits per heavy atom. The van der Waals surface area contributed by atoms with E-state index in [4.69, 9.17) is 4.42 Å². The van der Waals surface area contributed by atoms with Gasteiger partial charge in [0.15, 0.2) is 5.58 Å². The number of anilines is 1. The lowest BCUT2D eigenvalue weighted by atomic mass is 10.1. The Labute approximate surface area is 167 Å². The van der Waals surface area contributed by atoms with E-state index < -0.39 is 0 Å². The van der Waals surface area contributed by atoms with Crippen LogP contribution in [0.4, 0.5) is 5.69 Å². The van der Waals surface area contributed by atoms with E-state index in [2.05, 4.69) is 34.6 Å². The van der Waals surface area contributed by atoms with Gasteiger partial charge in [-0.15, -0.1) is 0 Å². The molecule has 0 aliphatic carbocycles. The molecule has 0 aliphatic heterocycles. The topological polar surface area (TPSA) is 55.1 Å². The number of nitrogens with one attached hydrogen (secondary N) is 1. The first-order valence-electron chi connectivity index (χ1n) is 9.43. The summed E-state index contributed by atoms with van der Waals surface area (Å²) in [5.41, 5.74) is 4.66. The summed E-state index contributed by atoms with van der Waals surface area (Å²) in [5, 5.41) is 5.24. The highest BCUT2D eigenvalue weighted by atomic mass is 16.3. The third kappa shape index (κ3) is 3.36. The minimum absolute atomic E-state index is 0.147. The first-order valence-corrected chi connectivity index (χ1v) is 9.43. The summed E-state index contributed by atoms with van der Waals surface area (Å²) in [7, 11) is 0. The number of rotatable bonds is 3. The number of oxazole rings is 1. The number of hydrogen-bond acceptors (Lipinski definition) is 3. The molecule has 4 nitrogen and oxygen atoms in total. The van der Waals surface area contributed by atoms with Crippen molar-refractivity contribution >= 4 is 33.5 Å². The summed E-state index contributed by atoms with van der Waals surface area (Å²) in [6.45, 7) is 1.96. The maximum Gasteiger partial charge on any atom is 0.255 e. The second-order valence-electron chi connectivity index (χ2n) is 7.09. The van der Waals surface area contributed by atoms with Crippen molar-refractivity contribution in [3.8, 4) is 11.5 Å². The van der Waals surface area contributed by atoms with E-state index in [0.29, 0.717) is 28.2 Å². The molecule has 0 bridgehead atoms. The fourth-order valence-corrected chi connectivity index (χ4v) is 3.44. The van der Waals surface area contributed by atoms with Gasteiger partial charge < -0.3 is 9.73 Å². The largest absolute Gasteiger partial charge is 0.436 e. The standard InChI is InChI=1S/C25H18N2O2/c1-16-5-4-8-19(13-16)24(28)26-21-11-12-23-22(15-21)27-25(29-23)20-10-9-17-6-2-3-7-18(17)14-20/h2-15H,1H3,(H,26,28). The van der Waals surface area contributed by atoms with Crippen molar-refractivity contribution in [2.24, 2.45) is 0 Å². The summed E-state index contributed by atoms with van der Waals surface area (Å²) < 4.78 is 5.94. The van der Waals surface area contributed by atoms with Gasteiger partial charge in [0, 0.05) is 16.8 Å². The van der Waals surface area contributed by atoms with E-state index in [-0.39, 0.29) is 5.91 Å². The summed E-state index contributed by atoms with van der Waals surface area (Å²) >= 11 is 0. The molecule has 1 heterocycles. The van der Waals surface area contributed by atoms with Gasteiger partial charge in [-0.3, -0.25) is 4.79 Å². The van der Waals surface area contributed by atoms with E-state index >= 15 is 0 Å². The second kappa shape index (κ2) is 6.91. The molecule has 1 aromatic heterocycles. The minimum Gasteiger partial charge on any atom is -0.436 e. The third-order valence-corrected chi connectivity index (χ3v) is 4.92. The van der Waals surface area contributed by atoms with Gasteiger partial charge in [-0.1, -0.05) is 48.0 Å². The van der Waals surface area contributed by atoms with Crippen LogP contribution in [0.5, 0.6) is 0 Å². The number of benzene rings is 4. The predicted octanol–water partition coefficient (Wildman–Crippen LogP) is 6.21. The Balaban J connectivity index is 1.45. The zero-order valence-electron chi connectivity index (χ0n) is 15.8. The molecular formula is C25H18N2O2. The SMILES string of the molecule is Cc1cccc(C(=O)Nc2ccc3oc(-c4ccc5ccccc5c4)nc3c2)c1. The van der Waals surface area contributed by atoms with Gasteiger partial charge in [0.25, 0.3) is 5.91 Å². The molecule has 0 spiro atoms. The normalized spacial score (nSPS) is 11.1. The molecule has 140 valence electrons. The molecule has 5 rings (SSSR count). The molecule has 1 N–H and O–H groups in total. The molecule has 5 aromatic rings. The predicted molar refractivity (Wildman–Crippen MR) is 116 cm³/mol. The van der Waals surface area contributed by atoms with Crippen molar-refractivity contribution < 1.29 is 9.21 Å². The van der Waals surface area contributed by atoms with Crippen LogP contribution in [0.1, 0.15) is 15.9 Å². The Morgan fingerprint density at radius 3 is 2.59 bits per heavy atom. The number of amides is 1. The number of carbonyl (C=O) groups is 1. The van der Waals surface area contributed by atoms with Crippen molar-refractivity contribution in [3.63, 3.8) is 0 Å². The number of aryl methyl sites for hydroxylation is 1. The zero-order chi connectivity index (χ0) is 19.8. The highest BCUT2D eigenvalue weighted by Crippen LogP contribution is 2.28. The Bertz CT molecular complexity index is 1370. The van der Waals surface area contributed by atoms with Crippen molar-refractivity contribution in [1.82, 2.24) is 4.98 Å². The van der Waals surface area contributed by atoms with E-state index in [1.165, 1.54) is 5.39 Å². The summed E-state index contributed by atoms with van der Waals surface area (Å²) in [6.07, 6.45) is 0. The molecule has 0 saturated heterocycles. The lowest BCUT2D eigenvalue weighted by Gasteiger charge is -2.05. The lowest BCUT2D eigenvalue weighted by Crippen LogP contribution is -2.11. The van der Waals surface area contributed by atoms with Crippen LogP contribution in [0.15, 0.2) is 89.3 Å². The third-order valence-electron chi connectivity index (χ3n) is 4.92. The van der Waals surface area contributed by atoms with E-state index in [1.807, 2.05) is 61.5 Å². The number of hydrogen-bond donors (Lipinski definition) is 1. The molecule has 0 unspecified atom stereocenters. The van der Waals surface area contributed by atoms with Gasteiger partial charge in [0.1, 0.15) is 5.52 Å². The van der Waals surface area contributed by atoms with Crippen LogP contribution in [0.25, 0.3) is 33.3 Å². The van der Waals surface area contributed by atoms with Crippen LogP contribution in [0.2, 0.25) is 0 Å². The van der Waals surface area contributed by atoms with E-state index in [9.17, 15) is 4.79 Å². The van der Waals surface area contributed by atoms with Gasteiger partial charge in [-0.05, 0) is 60.2 Å². The molecule has 0 saturated carbocycles.